The fraction of sp³-hybridized carbons (Fsp3) is 0.333. The average Bonchev–Trinajstić information content (AvgIpc) is 2.68. The number of nitrogens with two attached hydrogens (primary N) is 1. The summed E-state index contributed by atoms with van der Waals surface area (Å²) >= 11 is 0. The topological polar surface area (TPSA) is 63.4 Å². The summed E-state index contributed by atoms with van der Waals surface area (Å²) in [5, 5.41) is 0. The van der Waals surface area contributed by atoms with Gasteiger partial charge in [-0.25, -0.2) is 12.8 Å². The van der Waals surface area contributed by atoms with E-state index in [2.05, 4.69) is 11.8 Å². The number of nitrogens with zero attached hydrogens (tertiary/aromatic N) is 1. The maximum absolute atomic E-state index is 13.5. The molecule has 0 spiro atoms. The maximum Gasteiger partial charge on any atom is 0.235 e. The van der Waals surface area contributed by atoms with E-state index in [1.165, 1.54) is 22.5 Å². The molecule has 0 aromatic heterocycles. The normalized spacial score (nSPS) is 17.3. The van der Waals surface area contributed by atoms with Crippen LogP contribution in [0.15, 0.2) is 18.2 Å². The lowest BCUT2D eigenvalue weighted by atomic mass is 10.2. The second kappa shape index (κ2) is 4.96. The number of halogens is 1. The van der Waals surface area contributed by atoms with Crippen molar-refractivity contribution in [3.63, 3.8) is 0 Å². The van der Waals surface area contributed by atoms with Crippen molar-refractivity contribution < 1.29 is 12.8 Å². The quantitative estimate of drug-likeness (QED) is 0.762. The van der Waals surface area contributed by atoms with Gasteiger partial charge >= 0.3 is 0 Å². The predicted molar refractivity (Wildman–Crippen MR) is 68.1 cm³/mol. The monoisotopic (exact) mass is 268 g/mol. The summed E-state index contributed by atoms with van der Waals surface area (Å²) in [6, 6.07) is 4.12. The Hall–Kier alpha value is -1.58. The van der Waals surface area contributed by atoms with E-state index in [0.717, 1.165) is 0 Å². The Morgan fingerprint density at radius 1 is 1.44 bits per heavy atom. The van der Waals surface area contributed by atoms with Gasteiger partial charge in [-0.3, -0.25) is 4.31 Å². The van der Waals surface area contributed by atoms with E-state index in [9.17, 15) is 12.8 Å². The lowest BCUT2D eigenvalue weighted by Gasteiger charge is -2.17. The first-order valence-corrected chi connectivity index (χ1v) is 7.14. The summed E-state index contributed by atoms with van der Waals surface area (Å²) in [6.07, 6.45) is 0.587. The first-order chi connectivity index (χ1) is 8.54. The number of sulfonamides is 1. The second-order valence-electron chi connectivity index (χ2n) is 3.91. The van der Waals surface area contributed by atoms with Gasteiger partial charge in [0, 0.05) is 6.54 Å². The Kier molecular flexibility index (Phi) is 3.55. The number of anilines is 1. The van der Waals surface area contributed by atoms with Crippen LogP contribution in [0, 0.1) is 17.7 Å². The SMILES string of the molecule is NCC#Cc1cc(N2CCCS2(=O)=O)ccc1F. The van der Waals surface area contributed by atoms with Gasteiger partial charge in [-0.05, 0) is 24.6 Å². The van der Waals surface area contributed by atoms with Crippen molar-refractivity contribution in [2.45, 2.75) is 6.42 Å². The fourth-order valence-electron chi connectivity index (χ4n) is 1.84. The van der Waals surface area contributed by atoms with Gasteiger partial charge in [-0.2, -0.15) is 0 Å². The highest BCUT2D eigenvalue weighted by Crippen LogP contribution is 2.25. The molecule has 0 aliphatic carbocycles. The lowest BCUT2D eigenvalue weighted by Crippen LogP contribution is -2.25. The van der Waals surface area contributed by atoms with Crippen LogP contribution in [-0.2, 0) is 10.0 Å². The minimum absolute atomic E-state index is 0.131. The van der Waals surface area contributed by atoms with Crippen LogP contribution in [-0.4, -0.2) is 27.3 Å². The van der Waals surface area contributed by atoms with E-state index >= 15 is 0 Å². The number of hydrogen-bond donors (Lipinski definition) is 1. The molecule has 1 aliphatic rings. The summed E-state index contributed by atoms with van der Waals surface area (Å²) in [5.41, 5.74) is 5.85. The van der Waals surface area contributed by atoms with Crippen molar-refractivity contribution in [2.75, 3.05) is 23.1 Å². The summed E-state index contributed by atoms with van der Waals surface area (Å²) in [6.45, 7) is 0.559. The zero-order valence-corrected chi connectivity index (χ0v) is 10.5. The van der Waals surface area contributed by atoms with E-state index < -0.39 is 15.8 Å². The summed E-state index contributed by atoms with van der Waals surface area (Å²) in [4.78, 5) is 0. The summed E-state index contributed by atoms with van der Waals surface area (Å²) < 4.78 is 38.3. The molecule has 0 bridgehead atoms. The molecule has 1 aromatic rings. The zero-order valence-electron chi connectivity index (χ0n) is 9.69. The van der Waals surface area contributed by atoms with Crippen molar-refractivity contribution >= 4 is 15.7 Å². The van der Waals surface area contributed by atoms with E-state index in [0.29, 0.717) is 18.7 Å². The largest absolute Gasteiger partial charge is 0.320 e. The van der Waals surface area contributed by atoms with Crippen LogP contribution in [0.2, 0.25) is 0 Å². The van der Waals surface area contributed by atoms with Crippen LogP contribution in [0.4, 0.5) is 10.1 Å². The van der Waals surface area contributed by atoms with Crippen LogP contribution in [0.1, 0.15) is 12.0 Å². The molecule has 0 radical (unpaired) electrons. The molecule has 1 aliphatic heterocycles. The standard InChI is InChI=1S/C12H13FN2O2S/c13-12-5-4-11(9-10(12)3-1-6-14)15-7-2-8-18(15,16)17/h4-5,9H,2,6-8,14H2. The summed E-state index contributed by atoms with van der Waals surface area (Å²) in [7, 11) is -3.25. The fourth-order valence-corrected chi connectivity index (χ4v) is 3.40. The molecule has 0 atom stereocenters. The Balaban J connectivity index is 2.41. The molecule has 2 rings (SSSR count). The molecule has 1 aromatic carbocycles. The van der Waals surface area contributed by atoms with Crippen molar-refractivity contribution in [1.29, 1.82) is 0 Å². The molecule has 1 fully saturated rings. The molecule has 1 saturated heterocycles. The number of hydrogen-bond acceptors (Lipinski definition) is 3. The Bertz CT molecular complexity index is 617. The molecule has 0 saturated carbocycles. The average molecular weight is 268 g/mol. The van der Waals surface area contributed by atoms with Crippen LogP contribution < -0.4 is 10.0 Å². The minimum atomic E-state index is -3.25. The van der Waals surface area contributed by atoms with Crippen LogP contribution in [0.3, 0.4) is 0 Å². The molecule has 6 heteroatoms. The van der Waals surface area contributed by atoms with E-state index in [-0.39, 0.29) is 17.9 Å². The molecule has 1 heterocycles. The van der Waals surface area contributed by atoms with Gasteiger partial charge in [-0.1, -0.05) is 11.8 Å². The molecule has 96 valence electrons. The lowest BCUT2D eigenvalue weighted by molar-refractivity contribution is 0.599. The predicted octanol–water partition coefficient (Wildman–Crippen LogP) is 0.676. The number of rotatable bonds is 1. The molecule has 4 nitrogen and oxygen atoms in total. The van der Waals surface area contributed by atoms with Gasteiger partial charge in [0.25, 0.3) is 0 Å². The van der Waals surface area contributed by atoms with E-state index in [4.69, 9.17) is 5.73 Å². The second-order valence-corrected chi connectivity index (χ2v) is 5.92. The highest BCUT2D eigenvalue weighted by Gasteiger charge is 2.28. The Morgan fingerprint density at radius 2 is 2.22 bits per heavy atom. The third-order valence-electron chi connectivity index (χ3n) is 2.66. The van der Waals surface area contributed by atoms with Gasteiger partial charge in [0.1, 0.15) is 5.82 Å². The van der Waals surface area contributed by atoms with E-state index in [1.807, 2.05) is 0 Å². The van der Waals surface area contributed by atoms with Gasteiger partial charge in [0.05, 0.1) is 23.5 Å². The molecule has 0 unspecified atom stereocenters. The van der Waals surface area contributed by atoms with Gasteiger partial charge in [0.2, 0.25) is 10.0 Å². The van der Waals surface area contributed by atoms with Crippen molar-refractivity contribution in [2.24, 2.45) is 5.73 Å². The maximum atomic E-state index is 13.5. The van der Waals surface area contributed by atoms with Crippen LogP contribution in [0.25, 0.3) is 0 Å². The van der Waals surface area contributed by atoms with Gasteiger partial charge < -0.3 is 5.73 Å². The molecular weight excluding hydrogens is 255 g/mol. The smallest absolute Gasteiger partial charge is 0.235 e. The van der Waals surface area contributed by atoms with Crippen LogP contribution >= 0.6 is 0 Å². The van der Waals surface area contributed by atoms with Crippen molar-refractivity contribution in [3.8, 4) is 11.8 Å². The van der Waals surface area contributed by atoms with Gasteiger partial charge in [0.15, 0.2) is 0 Å². The third kappa shape index (κ3) is 2.47. The number of benzene rings is 1. The highest BCUT2D eigenvalue weighted by molar-refractivity contribution is 7.93. The third-order valence-corrected chi connectivity index (χ3v) is 4.53. The molecule has 18 heavy (non-hydrogen) atoms. The minimum Gasteiger partial charge on any atom is -0.320 e. The first-order valence-electron chi connectivity index (χ1n) is 5.53. The van der Waals surface area contributed by atoms with E-state index in [1.54, 1.807) is 0 Å². The Morgan fingerprint density at radius 3 is 2.83 bits per heavy atom. The molecule has 0 amide bonds. The summed E-state index contributed by atoms with van der Waals surface area (Å²) in [5.74, 6) is 4.80. The van der Waals surface area contributed by atoms with Gasteiger partial charge in [-0.15, -0.1) is 0 Å². The molecule has 2 N–H and O–H groups in total. The Labute approximate surface area is 106 Å². The highest BCUT2D eigenvalue weighted by atomic mass is 32.2. The van der Waals surface area contributed by atoms with Crippen LogP contribution in [0.5, 0.6) is 0 Å². The first kappa shape index (κ1) is 12.9. The molecular formula is C12H13FN2O2S. The van der Waals surface area contributed by atoms with Crippen molar-refractivity contribution in [3.05, 3.63) is 29.6 Å². The zero-order chi connectivity index (χ0) is 13.2. The van der Waals surface area contributed by atoms with Crippen molar-refractivity contribution in [1.82, 2.24) is 0 Å².